The topological polar surface area (TPSA) is 173 Å². The van der Waals surface area contributed by atoms with Crippen LogP contribution < -0.4 is 35.0 Å². The predicted octanol–water partition coefficient (Wildman–Crippen LogP) is 2.88. The summed E-state index contributed by atoms with van der Waals surface area (Å²) in [5, 5.41) is 28.5. The van der Waals surface area contributed by atoms with Crippen LogP contribution in [0.25, 0.3) is 0 Å². The molecule has 218 valence electrons. The molecule has 1 aliphatic heterocycles. The Morgan fingerprint density at radius 2 is 1.95 bits per heavy atom. The van der Waals surface area contributed by atoms with E-state index < -0.39 is 24.3 Å². The van der Waals surface area contributed by atoms with Crippen LogP contribution in [0.15, 0.2) is 51.2 Å². The Kier molecular flexibility index (Phi) is 11.2. The minimum atomic E-state index is -1.18. The smallest absolute Gasteiger partial charge is 0.337 e. The van der Waals surface area contributed by atoms with Crippen LogP contribution in [-0.2, 0) is 9.53 Å². The van der Waals surface area contributed by atoms with E-state index in [0.717, 1.165) is 0 Å². The van der Waals surface area contributed by atoms with Crippen LogP contribution in [-0.4, -0.2) is 63.6 Å². The molecule has 0 unspecified atom stereocenters. The van der Waals surface area contributed by atoms with Gasteiger partial charge in [0.2, 0.25) is 0 Å². The van der Waals surface area contributed by atoms with Crippen LogP contribution in [0.4, 0.5) is 4.79 Å². The van der Waals surface area contributed by atoms with Gasteiger partial charge in [0, 0.05) is 15.7 Å². The molecular formula is C27H30BrN5O8. The van der Waals surface area contributed by atoms with E-state index in [0.29, 0.717) is 50.9 Å². The van der Waals surface area contributed by atoms with Crippen molar-refractivity contribution in [2.24, 2.45) is 5.10 Å². The highest BCUT2D eigenvalue weighted by molar-refractivity contribution is 9.10. The van der Waals surface area contributed by atoms with Crippen molar-refractivity contribution in [1.82, 2.24) is 16.1 Å². The second-order valence-electron chi connectivity index (χ2n) is 8.39. The third kappa shape index (κ3) is 8.03. The van der Waals surface area contributed by atoms with E-state index in [1.54, 1.807) is 44.2 Å². The number of benzene rings is 2. The second kappa shape index (κ2) is 14.8. The third-order valence-corrected chi connectivity index (χ3v) is 6.36. The van der Waals surface area contributed by atoms with E-state index in [4.69, 9.17) is 28.9 Å². The lowest BCUT2D eigenvalue weighted by atomic mass is 9.95. The number of rotatable bonds is 13. The van der Waals surface area contributed by atoms with E-state index >= 15 is 0 Å². The maximum absolute atomic E-state index is 12.4. The number of halogens is 1. The summed E-state index contributed by atoms with van der Waals surface area (Å²) in [5.41, 5.74) is 4.42. The average Bonchev–Trinajstić information content (AvgIpc) is 2.95. The number of hydrogen-bond donors (Lipinski definition) is 4. The third-order valence-electron chi connectivity index (χ3n) is 5.67. The molecule has 1 aliphatic rings. The zero-order valence-electron chi connectivity index (χ0n) is 22.8. The number of esters is 1. The Hall–Kier alpha value is -4.48. The van der Waals surface area contributed by atoms with E-state index in [9.17, 15) is 14.7 Å². The minimum Gasteiger partial charge on any atom is -0.493 e. The van der Waals surface area contributed by atoms with Gasteiger partial charge in [0.25, 0.3) is 0 Å². The molecule has 0 radical (unpaired) electrons. The highest BCUT2D eigenvalue weighted by Crippen LogP contribution is 2.35. The van der Waals surface area contributed by atoms with E-state index in [1.165, 1.54) is 20.4 Å². The molecule has 13 nitrogen and oxygen atoms in total. The average molecular weight is 632 g/mol. The standard InChI is InChI=1S/C27H30BrN5O8/c1-5-39-21-10-16(25-24(26(35)38-4)15(2)31-27(36)32-25)6-7-19(21)41-14-23(34)33-30-13-17-11-20(37-3)22(12-18(17)28)40-9-8-29/h6-7,10-13,23,25,33-34H,5,9,14H2,1-4H3,(H2,31,32,36)/b30-13-/t23-,25-/m0/s1. The first kappa shape index (κ1) is 31.1. The van der Waals surface area contributed by atoms with Crippen LogP contribution in [0.1, 0.15) is 31.0 Å². The summed E-state index contributed by atoms with van der Waals surface area (Å²) in [6.45, 7) is 3.43. The zero-order chi connectivity index (χ0) is 29.9. The molecule has 3 rings (SSSR count). The van der Waals surface area contributed by atoms with Crippen molar-refractivity contribution in [2.75, 3.05) is 34.0 Å². The number of nitrogens with one attached hydrogen (secondary N) is 3. The highest BCUT2D eigenvalue weighted by atomic mass is 79.9. The molecule has 0 aromatic heterocycles. The Labute approximate surface area is 245 Å². The van der Waals surface area contributed by atoms with Gasteiger partial charge in [-0.2, -0.15) is 10.4 Å². The van der Waals surface area contributed by atoms with Gasteiger partial charge in [0.15, 0.2) is 35.8 Å². The monoisotopic (exact) mass is 631 g/mol. The van der Waals surface area contributed by atoms with Gasteiger partial charge < -0.3 is 39.4 Å². The normalized spacial score (nSPS) is 15.3. The van der Waals surface area contributed by atoms with Gasteiger partial charge in [0.05, 0.1) is 38.7 Å². The highest BCUT2D eigenvalue weighted by Gasteiger charge is 2.32. The SMILES string of the molecule is CCOc1cc([C@@H]2NC(=O)NC(C)=C2C(=O)OC)ccc1OC[C@H](O)N/N=C\c1cc(OC)c(OCC#N)cc1Br. The maximum atomic E-state index is 12.4. The van der Waals surface area contributed by atoms with Crippen molar-refractivity contribution in [1.29, 1.82) is 5.26 Å². The van der Waals surface area contributed by atoms with Crippen LogP contribution in [0.5, 0.6) is 23.0 Å². The largest absolute Gasteiger partial charge is 0.493 e. The molecule has 0 bridgehead atoms. The first-order chi connectivity index (χ1) is 19.7. The lowest BCUT2D eigenvalue weighted by Gasteiger charge is -2.28. The molecule has 0 aliphatic carbocycles. The van der Waals surface area contributed by atoms with Crippen LogP contribution in [0, 0.1) is 11.3 Å². The molecule has 0 fully saturated rings. The number of ether oxygens (including phenoxy) is 5. The lowest BCUT2D eigenvalue weighted by molar-refractivity contribution is -0.136. The van der Waals surface area contributed by atoms with Crippen molar-refractivity contribution in [3.63, 3.8) is 0 Å². The molecule has 2 aromatic carbocycles. The van der Waals surface area contributed by atoms with Crippen molar-refractivity contribution < 1.29 is 38.4 Å². The molecule has 1 heterocycles. The number of nitrogens with zero attached hydrogens (tertiary/aromatic N) is 2. The molecule has 2 aromatic rings. The minimum absolute atomic E-state index is 0.127. The van der Waals surface area contributed by atoms with Gasteiger partial charge in [-0.25, -0.2) is 9.59 Å². The summed E-state index contributed by atoms with van der Waals surface area (Å²) in [4.78, 5) is 24.5. The predicted molar refractivity (Wildman–Crippen MR) is 151 cm³/mol. The number of allylic oxidation sites excluding steroid dienone is 1. The fourth-order valence-electron chi connectivity index (χ4n) is 3.85. The van der Waals surface area contributed by atoms with Crippen molar-refractivity contribution in [3.8, 4) is 29.1 Å². The van der Waals surface area contributed by atoms with Gasteiger partial charge in [-0.15, -0.1) is 0 Å². The molecule has 14 heteroatoms. The molecule has 0 saturated carbocycles. The van der Waals surface area contributed by atoms with Crippen LogP contribution >= 0.6 is 15.9 Å². The summed E-state index contributed by atoms with van der Waals surface area (Å²) in [6, 6.07) is 8.93. The fourth-order valence-corrected chi connectivity index (χ4v) is 4.27. The number of hydrogen-bond acceptors (Lipinski definition) is 11. The van der Waals surface area contributed by atoms with Crippen LogP contribution in [0.2, 0.25) is 0 Å². The van der Waals surface area contributed by atoms with Gasteiger partial charge in [-0.1, -0.05) is 6.07 Å². The summed E-state index contributed by atoms with van der Waals surface area (Å²) >= 11 is 3.42. The number of carbonyl (C=O) groups is 2. The number of aliphatic hydroxyl groups excluding tert-OH is 1. The Balaban J connectivity index is 1.69. The van der Waals surface area contributed by atoms with Crippen molar-refractivity contribution in [3.05, 3.63) is 57.2 Å². The second-order valence-corrected chi connectivity index (χ2v) is 9.24. The number of amides is 2. The Morgan fingerprint density at radius 3 is 2.63 bits per heavy atom. The Morgan fingerprint density at radius 1 is 1.20 bits per heavy atom. The number of hydrazone groups is 1. The molecule has 2 atom stereocenters. The van der Waals surface area contributed by atoms with Gasteiger partial charge in [0.1, 0.15) is 12.7 Å². The van der Waals surface area contributed by atoms with Crippen molar-refractivity contribution >= 4 is 34.1 Å². The quantitative estimate of drug-likeness (QED) is 0.111. The number of methoxy groups -OCH3 is 2. The Bertz CT molecular complexity index is 1370. The summed E-state index contributed by atoms with van der Waals surface area (Å²) in [7, 11) is 2.74. The summed E-state index contributed by atoms with van der Waals surface area (Å²) in [5.74, 6) is 0.910. The van der Waals surface area contributed by atoms with Gasteiger partial charge >= 0.3 is 12.0 Å². The number of urea groups is 1. The molecule has 0 spiro atoms. The van der Waals surface area contributed by atoms with Crippen molar-refractivity contribution in [2.45, 2.75) is 26.1 Å². The first-order valence-electron chi connectivity index (χ1n) is 12.3. The molecule has 41 heavy (non-hydrogen) atoms. The van der Waals surface area contributed by atoms with Gasteiger partial charge in [-0.3, -0.25) is 5.43 Å². The summed E-state index contributed by atoms with van der Waals surface area (Å²) in [6.07, 6.45) is 0.283. The molecule has 0 saturated heterocycles. The fraction of sp³-hybridized carbons (Fsp3) is 0.333. The molecular weight excluding hydrogens is 602 g/mol. The van der Waals surface area contributed by atoms with Crippen LogP contribution in [0.3, 0.4) is 0 Å². The number of nitriles is 1. The van der Waals surface area contributed by atoms with E-state index in [-0.39, 0.29) is 18.8 Å². The lowest BCUT2D eigenvalue weighted by Crippen LogP contribution is -2.45. The van der Waals surface area contributed by atoms with Gasteiger partial charge in [-0.05, 0) is 59.6 Å². The van der Waals surface area contributed by atoms with E-state index in [1.807, 2.05) is 6.07 Å². The molecule has 2 amide bonds. The van der Waals surface area contributed by atoms with E-state index in [2.05, 4.69) is 37.1 Å². The zero-order valence-corrected chi connectivity index (χ0v) is 24.4. The first-order valence-corrected chi connectivity index (χ1v) is 13.1. The molecule has 4 N–H and O–H groups in total. The number of carbonyl (C=O) groups excluding carboxylic acids is 2. The number of aliphatic hydroxyl groups is 1. The maximum Gasteiger partial charge on any atom is 0.337 e. The summed E-state index contributed by atoms with van der Waals surface area (Å²) < 4.78 is 27.7.